The largest absolute Gasteiger partial charge is 0.411 e. The Morgan fingerprint density at radius 1 is 1.58 bits per heavy atom. The molecule has 0 spiro atoms. The molecule has 2 atom stereocenters. The van der Waals surface area contributed by atoms with E-state index < -0.39 is 23.6 Å². The fraction of sp³-hybridized carbons (Fsp3) is 0.545. The topological polar surface area (TPSA) is 117 Å². The number of H-pyrrole nitrogens is 1. The van der Waals surface area contributed by atoms with Crippen LogP contribution in [0.15, 0.2) is 20.9 Å². The van der Waals surface area contributed by atoms with Gasteiger partial charge in [-0.3, -0.25) is 14.3 Å². The molecule has 0 amide bonds. The van der Waals surface area contributed by atoms with Gasteiger partial charge in [-0.25, -0.2) is 4.79 Å². The molecule has 1 saturated heterocycles. The summed E-state index contributed by atoms with van der Waals surface area (Å²) in [5.41, 5.74) is -0.290. The van der Waals surface area contributed by atoms with Gasteiger partial charge in [0, 0.05) is 18.2 Å². The van der Waals surface area contributed by atoms with Crippen molar-refractivity contribution in [1.29, 1.82) is 0 Å². The average Bonchev–Trinajstić information content (AvgIpc) is 2.82. The van der Waals surface area contributed by atoms with Gasteiger partial charge in [-0.15, -0.1) is 0 Å². The predicted molar refractivity (Wildman–Crippen MR) is 65.5 cm³/mol. The van der Waals surface area contributed by atoms with E-state index >= 15 is 0 Å². The number of aromatic amines is 1. The van der Waals surface area contributed by atoms with E-state index in [9.17, 15) is 9.59 Å². The number of aromatic nitrogens is 2. The van der Waals surface area contributed by atoms with Crippen LogP contribution in [0.1, 0.15) is 25.1 Å². The second kappa shape index (κ2) is 5.37. The van der Waals surface area contributed by atoms with Gasteiger partial charge in [0.1, 0.15) is 12.3 Å². The second-order valence-electron chi connectivity index (χ2n) is 4.23. The Balaban J connectivity index is 2.39. The first-order chi connectivity index (χ1) is 9.10. The van der Waals surface area contributed by atoms with Gasteiger partial charge in [0.2, 0.25) is 0 Å². The van der Waals surface area contributed by atoms with E-state index in [-0.39, 0.29) is 18.7 Å². The molecule has 8 heteroatoms. The van der Waals surface area contributed by atoms with Crippen LogP contribution in [-0.2, 0) is 11.2 Å². The first kappa shape index (κ1) is 13.5. The Morgan fingerprint density at radius 2 is 2.32 bits per heavy atom. The number of oxime groups is 1. The molecule has 0 aliphatic carbocycles. The van der Waals surface area contributed by atoms with Crippen molar-refractivity contribution in [3.63, 3.8) is 0 Å². The van der Waals surface area contributed by atoms with E-state index in [4.69, 9.17) is 15.1 Å². The molecule has 8 nitrogen and oxygen atoms in total. The van der Waals surface area contributed by atoms with Gasteiger partial charge in [-0.2, -0.15) is 0 Å². The minimum atomic E-state index is -0.737. The zero-order valence-electron chi connectivity index (χ0n) is 10.4. The van der Waals surface area contributed by atoms with Crippen LogP contribution in [0.3, 0.4) is 0 Å². The Morgan fingerprint density at radius 3 is 2.84 bits per heavy atom. The first-order valence-electron chi connectivity index (χ1n) is 5.92. The van der Waals surface area contributed by atoms with Crippen molar-refractivity contribution < 1.29 is 15.1 Å². The Kier molecular flexibility index (Phi) is 3.82. The summed E-state index contributed by atoms with van der Waals surface area (Å²) in [5, 5.41) is 20.9. The fourth-order valence-corrected chi connectivity index (χ4v) is 2.04. The third-order valence-corrected chi connectivity index (χ3v) is 3.10. The van der Waals surface area contributed by atoms with Gasteiger partial charge >= 0.3 is 5.69 Å². The third-order valence-electron chi connectivity index (χ3n) is 3.10. The van der Waals surface area contributed by atoms with E-state index in [0.29, 0.717) is 12.0 Å². The number of aliphatic hydroxyl groups is 1. The SMILES string of the molecule is CCc1cn([C@H]2C/C(=N/O)[C@@H](CO)O2)c(=O)[nH]c1=O. The summed E-state index contributed by atoms with van der Waals surface area (Å²) < 4.78 is 6.66. The van der Waals surface area contributed by atoms with Crippen LogP contribution >= 0.6 is 0 Å². The van der Waals surface area contributed by atoms with Crippen molar-refractivity contribution in [3.05, 3.63) is 32.6 Å². The number of aliphatic hydroxyl groups excluding tert-OH is 1. The maximum absolute atomic E-state index is 11.7. The highest BCUT2D eigenvalue weighted by Gasteiger charge is 2.33. The summed E-state index contributed by atoms with van der Waals surface area (Å²) in [5.74, 6) is 0. The number of ether oxygens (including phenoxy) is 1. The molecule has 3 N–H and O–H groups in total. The lowest BCUT2D eigenvalue weighted by molar-refractivity contribution is -0.0153. The second-order valence-corrected chi connectivity index (χ2v) is 4.23. The third kappa shape index (κ3) is 2.45. The number of aryl methyl sites for hydroxylation is 1. The van der Waals surface area contributed by atoms with Crippen molar-refractivity contribution in [1.82, 2.24) is 9.55 Å². The number of rotatable bonds is 3. The Bertz CT molecular complexity index is 603. The van der Waals surface area contributed by atoms with Crippen molar-refractivity contribution >= 4 is 5.71 Å². The van der Waals surface area contributed by atoms with Gasteiger partial charge in [-0.1, -0.05) is 12.1 Å². The fourth-order valence-electron chi connectivity index (χ4n) is 2.04. The smallest absolute Gasteiger partial charge is 0.330 e. The lowest BCUT2D eigenvalue weighted by Crippen LogP contribution is -2.34. The quantitative estimate of drug-likeness (QED) is 0.491. The molecule has 2 heterocycles. The standard InChI is InChI=1S/C11H15N3O5/c1-2-6-4-14(11(17)12-10(6)16)9-3-7(13-18)8(5-15)19-9/h4,8-9,15,18H,2-3,5H2,1H3,(H,12,16,17)/b13-7-/t8-,9-/m1/s1. The number of hydrogen-bond donors (Lipinski definition) is 3. The average molecular weight is 269 g/mol. The van der Waals surface area contributed by atoms with E-state index in [1.54, 1.807) is 6.92 Å². The summed E-state index contributed by atoms with van der Waals surface area (Å²) in [6.07, 6.45) is 0.654. The summed E-state index contributed by atoms with van der Waals surface area (Å²) in [6, 6.07) is 0. The zero-order valence-corrected chi connectivity index (χ0v) is 10.4. The first-order valence-corrected chi connectivity index (χ1v) is 5.92. The Labute approximate surface area is 108 Å². The minimum Gasteiger partial charge on any atom is -0.411 e. The molecule has 1 aliphatic rings. The molecular formula is C11H15N3O5. The normalized spacial score (nSPS) is 25.1. The van der Waals surface area contributed by atoms with Gasteiger partial charge in [0.25, 0.3) is 5.56 Å². The molecule has 0 bridgehead atoms. The van der Waals surface area contributed by atoms with Crippen molar-refractivity contribution in [2.45, 2.75) is 32.1 Å². The van der Waals surface area contributed by atoms with Crippen LogP contribution < -0.4 is 11.2 Å². The highest BCUT2D eigenvalue weighted by molar-refractivity contribution is 5.90. The molecule has 19 heavy (non-hydrogen) atoms. The molecule has 104 valence electrons. The minimum absolute atomic E-state index is 0.177. The number of nitrogens with one attached hydrogen (secondary N) is 1. The van der Waals surface area contributed by atoms with E-state index in [0.717, 1.165) is 0 Å². The summed E-state index contributed by atoms with van der Waals surface area (Å²) >= 11 is 0. The lowest BCUT2D eigenvalue weighted by atomic mass is 10.2. The highest BCUT2D eigenvalue weighted by atomic mass is 16.5. The molecule has 0 aromatic carbocycles. The van der Waals surface area contributed by atoms with Crippen LogP contribution in [-0.4, -0.2) is 38.3 Å². The lowest BCUT2D eigenvalue weighted by Gasteiger charge is -2.14. The van der Waals surface area contributed by atoms with Crippen LogP contribution in [0.4, 0.5) is 0 Å². The van der Waals surface area contributed by atoms with Crippen LogP contribution in [0.25, 0.3) is 0 Å². The van der Waals surface area contributed by atoms with E-state index in [2.05, 4.69) is 10.1 Å². The number of hydrogen-bond acceptors (Lipinski definition) is 6. The van der Waals surface area contributed by atoms with Gasteiger partial charge < -0.3 is 15.1 Å². The van der Waals surface area contributed by atoms with E-state index in [1.807, 2.05) is 0 Å². The molecule has 1 fully saturated rings. The molecule has 1 aromatic heterocycles. The zero-order chi connectivity index (χ0) is 14.0. The van der Waals surface area contributed by atoms with Crippen molar-refractivity contribution in [3.8, 4) is 0 Å². The van der Waals surface area contributed by atoms with Crippen LogP contribution in [0.5, 0.6) is 0 Å². The summed E-state index contributed by atoms with van der Waals surface area (Å²) in [7, 11) is 0. The Hall–Kier alpha value is -1.93. The summed E-state index contributed by atoms with van der Waals surface area (Å²) in [4.78, 5) is 25.4. The molecule has 0 radical (unpaired) electrons. The highest BCUT2D eigenvalue weighted by Crippen LogP contribution is 2.24. The van der Waals surface area contributed by atoms with Gasteiger partial charge in [0.15, 0.2) is 0 Å². The monoisotopic (exact) mass is 269 g/mol. The van der Waals surface area contributed by atoms with Crippen LogP contribution in [0, 0.1) is 0 Å². The predicted octanol–water partition coefficient (Wildman–Crippen LogP) is -0.791. The van der Waals surface area contributed by atoms with Crippen molar-refractivity contribution in [2.24, 2.45) is 5.16 Å². The molecule has 1 aromatic rings. The van der Waals surface area contributed by atoms with E-state index in [1.165, 1.54) is 10.8 Å². The molecule has 0 saturated carbocycles. The molecular weight excluding hydrogens is 254 g/mol. The maximum atomic E-state index is 11.7. The van der Waals surface area contributed by atoms with Crippen molar-refractivity contribution in [2.75, 3.05) is 6.61 Å². The molecule has 1 aliphatic heterocycles. The summed E-state index contributed by atoms with van der Waals surface area (Å²) in [6.45, 7) is 1.46. The van der Waals surface area contributed by atoms with Gasteiger partial charge in [0.05, 0.1) is 12.3 Å². The maximum Gasteiger partial charge on any atom is 0.330 e. The van der Waals surface area contributed by atoms with Crippen LogP contribution in [0.2, 0.25) is 0 Å². The molecule has 0 unspecified atom stereocenters. The number of nitrogens with zero attached hydrogens (tertiary/aromatic N) is 2. The van der Waals surface area contributed by atoms with Gasteiger partial charge in [-0.05, 0) is 6.42 Å². The molecule has 2 rings (SSSR count).